The summed E-state index contributed by atoms with van der Waals surface area (Å²) in [6.07, 6.45) is 1.11. The zero-order valence-electron chi connectivity index (χ0n) is 16.5. The summed E-state index contributed by atoms with van der Waals surface area (Å²) in [5, 5.41) is 0.525. The number of furan rings is 1. The predicted molar refractivity (Wildman–Crippen MR) is 109 cm³/mol. The van der Waals surface area contributed by atoms with Gasteiger partial charge in [-0.2, -0.15) is 0 Å². The van der Waals surface area contributed by atoms with Crippen LogP contribution in [0.2, 0.25) is 0 Å². The van der Waals surface area contributed by atoms with Crippen molar-refractivity contribution in [1.82, 2.24) is 13.7 Å². The van der Waals surface area contributed by atoms with Crippen LogP contribution in [0.15, 0.2) is 56.7 Å². The van der Waals surface area contributed by atoms with Crippen molar-refractivity contribution in [3.05, 3.63) is 80.5 Å². The molecule has 0 unspecified atom stereocenters. The number of aryl methyl sites for hydroxylation is 2. The van der Waals surface area contributed by atoms with Gasteiger partial charge in [0.25, 0.3) is 5.56 Å². The number of fused-ring (bicyclic) bond motifs is 3. The van der Waals surface area contributed by atoms with Gasteiger partial charge in [-0.25, -0.2) is 4.79 Å². The average Bonchev–Trinajstić information content (AvgIpc) is 3.36. The number of aromatic nitrogens is 3. The van der Waals surface area contributed by atoms with E-state index in [1.54, 1.807) is 13.3 Å². The van der Waals surface area contributed by atoms with Crippen molar-refractivity contribution in [3.8, 4) is 11.3 Å². The third-order valence-corrected chi connectivity index (χ3v) is 5.65. The number of nitrogens with zero attached hydrogens (tertiary/aromatic N) is 3. The quantitative estimate of drug-likeness (QED) is 0.527. The van der Waals surface area contributed by atoms with Crippen LogP contribution in [0.3, 0.4) is 0 Å². The molecule has 0 amide bonds. The Kier molecular flexibility index (Phi) is 3.89. The summed E-state index contributed by atoms with van der Waals surface area (Å²) in [6, 6.07) is 11.7. The van der Waals surface area contributed by atoms with Gasteiger partial charge in [-0.1, -0.05) is 23.8 Å². The Balaban J connectivity index is 1.99. The number of hydrogen-bond donors (Lipinski definition) is 0. The first kappa shape index (κ1) is 17.8. The van der Waals surface area contributed by atoms with Gasteiger partial charge in [-0.15, -0.1) is 0 Å². The van der Waals surface area contributed by atoms with E-state index in [2.05, 4.69) is 10.6 Å². The molecule has 1 atom stereocenters. The topological polar surface area (TPSA) is 71.3 Å². The molecule has 1 aliphatic heterocycles. The molecule has 0 aliphatic carbocycles. The molecule has 29 heavy (non-hydrogen) atoms. The van der Waals surface area contributed by atoms with Gasteiger partial charge in [0, 0.05) is 20.6 Å². The van der Waals surface area contributed by atoms with E-state index in [4.69, 9.17) is 9.15 Å². The molecular formula is C22H21N3O4. The van der Waals surface area contributed by atoms with Gasteiger partial charge in [0.15, 0.2) is 6.10 Å². The zero-order valence-corrected chi connectivity index (χ0v) is 16.5. The largest absolute Gasteiger partial charge is 0.466 e. The lowest BCUT2D eigenvalue weighted by atomic mass is 10.1. The van der Waals surface area contributed by atoms with Gasteiger partial charge in [0.2, 0.25) is 0 Å². The summed E-state index contributed by atoms with van der Waals surface area (Å²) < 4.78 is 16.5. The van der Waals surface area contributed by atoms with Crippen molar-refractivity contribution in [1.29, 1.82) is 0 Å². The molecule has 1 aliphatic rings. The molecule has 0 fully saturated rings. The molecule has 0 N–H and O–H groups in total. The van der Waals surface area contributed by atoms with Crippen LogP contribution < -0.4 is 11.2 Å². The van der Waals surface area contributed by atoms with Gasteiger partial charge < -0.3 is 13.7 Å². The van der Waals surface area contributed by atoms with E-state index in [0.29, 0.717) is 29.8 Å². The lowest BCUT2D eigenvalue weighted by Crippen LogP contribution is -2.37. The third-order valence-electron chi connectivity index (χ3n) is 5.65. The van der Waals surface area contributed by atoms with Crippen LogP contribution in [0.4, 0.5) is 0 Å². The van der Waals surface area contributed by atoms with Crippen LogP contribution in [-0.4, -0.2) is 20.3 Å². The van der Waals surface area contributed by atoms with E-state index in [9.17, 15) is 9.59 Å². The Labute approximate surface area is 166 Å². The van der Waals surface area contributed by atoms with Gasteiger partial charge >= 0.3 is 5.69 Å². The van der Waals surface area contributed by atoms with Crippen molar-refractivity contribution < 1.29 is 9.15 Å². The maximum Gasteiger partial charge on any atom is 0.331 e. The van der Waals surface area contributed by atoms with Crippen molar-refractivity contribution in [2.24, 2.45) is 14.1 Å². The molecule has 7 heteroatoms. The molecule has 0 saturated carbocycles. The molecule has 4 heterocycles. The van der Waals surface area contributed by atoms with E-state index in [0.717, 1.165) is 27.1 Å². The number of rotatable bonds is 2. The average molecular weight is 391 g/mol. The highest BCUT2D eigenvalue weighted by molar-refractivity contribution is 5.96. The first-order chi connectivity index (χ1) is 14.0. The Morgan fingerprint density at radius 2 is 1.90 bits per heavy atom. The Hall–Kier alpha value is -3.32. The molecule has 0 radical (unpaired) electrons. The number of hydrogen-bond acceptors (Lipinski definition) is 4. The summed E-state index contributed by atoms with van der Waals surface area (Å²) in [4.78, 5) is 26.0. The van der Waals surface area contributed by atoms with Crippen molar-refractivity contribution in [2.75, 3.05) is 6.61 Å². The molecule has 5 rings (SSSR count). The van der Waals surface area contributed by atoms with Crippen LogP contribution in [0.25, 0.3) is 22.2 Å². The fraction of sp³-hybridized carbons (Fsp3) is 0.273. The van der Waals surface area contributed by atoms with Crippen LogP contribution >= 0.6 is 0 Å². The molecule has 0 bridgehead atoms. The first-order valence-electron chi connectivity index (χ1n) is 9.53. The van der Waals surface area contributed by atoms with Crippen molar-refractivity contribution in [3.63, 3.8) is 0 Å². The summed E-state index contributed by atoms with van der Waals surface area (Å²) in [7, 11) is 3.21. The smallest absolute Gasteiger partial charge is 0.331 e. The molecular weight excluding hydrogens is 370 g/mol. The number of ether oxygens (including phenoxy) is 1. The zero-order chi connectivity index (χ0) is 20.3. The van der Waals surface area contributed by atoms with Crippen LogP contribution in [0, 0.1) is 6.92 Å². The lowest BCUT2D eigenvalue weighted by Gasteiger charge is -2.26. The fourth-order valence-electron chi connectivity index (χ4n) is 4.33. The molecule has 148 valence electrons. The second-order valence-electron chi connectivity index (χ2n) is 7.45. The molecule has 3 aromatic heterocycles. The summed E-state index contributed by atoms with van der Waals surface area (Å²) in [5.74, 6) is 0.647. The van der Waals surface area contributed by atoms with E-state index in [1.807, 2.05) is 37.3 Å². The molecule has 0 spiro atoms. The summed E-state index contributed by atoms with van der Waals surface area (Å²) in [6.45, 7) is 3.09. The summed E-state index contributed by atoms with van der Waals surface area (Å²) >= 11 is 0. The monoisotopic (exact) mass is 391 g/mol. The van der Waals surface area contributed by atoms with Gasteiger partial charge in [-0.3, -0.25) is 13.9 Å². The minimum Gasteiger partial charge on any atom is -0.466 e. The molecule has 4 aromatic rings. The van der Waals surface area contributed by atoms with E-state index < -0.39 is 6.10 Å². The van der Waals surface area contributed by atoms with Crippen LogP contribution in [0.5, 0.6) is 0 Å². The van der Waals surface area contributed by atoms with Crippen LogP contribution in [0.1, 0.15) is 23.1 Å². The second kappa shape index (κ2) is 6.35. The molecule has 1 aromatic carbocycles. The second-order valence-corrected chi connectivity index (χ2v) is 7.45. The van der Waals surface area contributed by atoms with Crippen molar-refractivity contribution in [2.45, 2.75) is 19.6 Å². The highest BCUT2D eigenvalue weighted by Gasteiger charge is 2.34. The fourth-order valence-corrected chi connectivity index (χ4v) is 4.33. The third kappa shape index (κ3) is 2.47. The maximum absolute atomic E-state index is 13.3. The minimum atomic E-state index is -0.488. The predicted octanol–water partition coefficient (Wildman–Crippen LogP) is 2.73. The Bertz CT molecular complexity index is 1360. The molecule has 0 saturated heterocycles. The Morgan fingerprint density at radius 3 is 2.62 bits per heavy atom. The van der Waals surface area contributed by atoms with E-state index >= 15 is 0 Å². The van der Waals surface area contributed by atoms with Gasteiger partial charge in [0.05, 0.1) is 35.2 Å². The van der Waals surface area contributed by atoms with E-state index in [1.165, 1.54) is 11.6 Å². The highest BCUT2D eigenvalue weighted by Crippen LogP contribution is 2.40. The summed E-state index contributed by atoms with van der Waals surface area (Å²) in [5.41, 5.74) is 3.55. The Morgan fingerprint density at radius 1 is 1.07 bits per heavy atom. The standard InChI is InChI=1S/C22H21N3O4/c1-13-6-4-7-14(12-13)17-16-18(23(2)22(27)24(3)21(16)26)19-20(15-8-5-10-28-15)29-11-9-25(17)19/h4-8,10,12,20H,9,11H2,1-3H3/t20-/m0/s1. The van der Waals surface area contributed by atoms with Gasteiger partial charge in [-0.05, 0) is 30.7 Å². The highest BCUT2D eigenvalue weighted by atomic mass is 16.5. The van der Waals surface area contributed by atoms with E-state index in [-0.39, 0.29) is 11.2 Å². The maximum atomic E-state index is 13.3. The number of benzene rings is 1. The van der Waals surface area contributed by atoms with Crippen LogP contribution in [-0.2, 0) is 25.4 Å². The minimum absolute atomic E-state index is 0.306. The first-order valence-corrected chi connectivity index (χ1v) is 9.53. The van der Waals surface area contributed by atoms with Gasteiger partial charge in [0.1, 0.15) is 5.76 Å². The molecule has 7 nitrogen and oxygen atoms in total. The van der Waals surface area contributed by atoms with Crippen molar-refractivity contribution >= 4 is 10.9 Å². The SMILES string of the molecule is Cc1cccc(-c2c3c(=O)n(C)c(=O)n(C)c3c3n2CCO[C@H]3c2ccco2)c1. The lowest BCUT2D eigenvalue weighted by molar-refractivity contribution is 0.0347. The normalized spacial score (nSPS) is 16.3.